The van der Waals surface area contributed by atoms with Gasteiger partial charge in [-0.15, -0.1) is 0 Å². The molecule has 1 aromatic heterocycles. The lowest BCUT2D eigenvalue weighted by atomic mass is 10.1. The maximum atomic E-state index is 12.4. The summed E-state index contributed by atoms with van der Waals surface area (Å²) in [5.74, 6) is -0.151. The zero-order valence-corrected chi connectivity index (χ0v) is 18.0. The van der Waals surface area contributed by atoms with E-state index in [2.05, 4.69) is 46.9 Å². The third-order valence-corrected chi connectivity index (χ3v) is 6.04. The van der Waals surface area contributed by atoms with Crippen molar-refractivity contribution < 1.29 is 9.63 Å². The Hall–Kier alpha value is -3.15. The van der Waals surface area contributed by atoms with Crippen molar-refractivity contribution in [3.63, 3.8) is 0 Å². The first-order valence-electron chi connectivity index (χ1n) is 10.3. The smallest absolute Gasteiger partial charge is 0.248 e. The molecule has 0 saturated heterocycles. The molecule has 3 aromatic rings. The monoisotopic (exact) mass is 428 g/mol. The molecule has 1 aliphatic carbocycles. The van der Waals surface area contributed by atoms with E-state index >= 15 is 0 Å². The van der Waals surface area contributed by atoms with Gasteiger partial charge in [0.2, 0.25) is 5.91 Å². The molecule has 4 rings (SSSR count). The van der Waals surface area contributed by atoms with Gasteiger partial charge in [0, 0.05) is 22.2 Å². The van der Waals surface area contributed by atoms with Crippen LogP contribution in [-0.2, 0) is 16.1 Å². The first-order valence-corrected chi connectivity index (χ1v) is 11.1. The largest absolute Gasteiger partial charge is 0.272 e. The molecule has 1 N–H and O–H groups in total. The average molecular weight is 429 g/mol. The summed E-state index contributed by atoms with van der Waals surface area (Å²) in [4.78, 5) is 24.0. The molecule has 156 valence electrons. The molecule has 1 aliphatic rings. The van der Waals surface area contributed by atoms with Crippen LogP contribution in [0.25, 0.3) is 11.1 Å². The number of pyridine rings is 1. The topological polar surface area (TPSA) is 51.2 Å². The SMILES string of the molecule is O=C(Cc1ccccc1Sc1ccc(-c2ccncc2)cc1)NOCC1=CCCC=C1. The Kier molecular flexibility index (Phi) is 7.32. The standard InChI is InChI=1S/C26H24N2O2S/c29-26(28-30-19-20-6-2-1-3-7-20)18-23-8-4-5-9-25(23)31-24-12-10-21(11-13-24)22-14-16-27-17-15-22/h2,4-17H,1,3,18-19H2,(H,28,29). The molecule has 0 fully saturated rings. The van der Waals surface area contributed by atoms with E-state index in [4.69, 9.17) is 4.84 Å². The summed E-state index contributed by atoms with van der Waals surface area (Å²) in [6, 6.07) is 20.4. The molecule has 2 aromatic carbocycles. The lowest BCUT2D eigenvalue weighted by Gasteiger charge is -2.11. The molecular weight excluding hydrogens is 404 g/mol. The van der Waals surface area contributed by atoms with Gasteiger partial charge in [-0.25, -0.2) is 5.48 Å². The van der Waals surface area contributed by atoms with E-state index in [0.29, 0.717) is 6.61 Å². The number of hydrogen-bond donors (Lipinski definition) is 1. The molecule has 5 heteroatoms. The van der Waals surface area contributed by atoms with E-state index in [9.17, 15) is 4.79 Å². The highest BCUT2D eigenvalue weighted by Crippen LogP contribution is 2.32. The zero-order valence-electron chi connectivity index (χ0n) is 17.2. The Labute approximate surface area is 187 Å². The van der Waals surface area contributed by atoms with Crippen LogP contribution >= 0.6 is 11.8 Å². The van der Waals surface area contributed by atoms with E-state index in [-0.39, 0.29) is 12.3 Å². The number of amides is 1. The average Bonchev–Trinajstić information content (AvgIpc) is 2.82. The number of nitrogens with zero attached hydrogens (tertiary/aromatic N) is 1. The number of benzene rings is 2. The van der Waals surface area contributed by atoms with Crippen LogP contribution in [0.1, 0.15) is 18.4 Å². The number of hydroxylamine groups is 1. The van der Waals surface area contributed by atoms with Crippen molar-refractivity contribution in [3.8, 4) is 11.1 Å². The Bertz CT molecular complexity index is 1080. The summed E-state index contributed by atoms with van der Waals surface area (Å²) in [6.45, 7) is 0.391. The number of aromatic nitrogens is 1. The predicted octanol–water partition coefficient (Wildman–Crippen LogP) is 5.77. The van der Waals surface area contributed by atoms with Gasteiger partial charge >= 0.3 is 0 Å². The molecule has 0 aliphatic heterocycles. The minimum atomic E-state index is -0.151. The van der Waals surface area contributed by atoms with E-state index in [0.717, 1.165) is 44.9 Å². The lowest BCUT2D eigenvalue weighted by Crippen LogP contribution is -2.26. The van der Waals surface area contributed by atoms with Crippen LogP contribution in [0.5, 0.6) is 0 Å². The van der Waals surface area contributed by atoms with Gasteiger partial charge in [0.05, 0.1) is 13.0 Å². The van der Waals surface area contributed by atoms with Crippen LogP contribution in [0.15, 0.2) is 107 Å². The fraction of sp³-hybridized carbons (Fsp3) is 0.154. The first-order chi connectivity index (χ1) is 15.3. The van der Waals surface area contributed by atoms with Gasteiger partial charge in [0.15, 0.2) is 0 Å². The highest BCUT2D eigenvalue weighted by atomic mass is 32.2. The Morgan fingerprint density at radius 3 is 2.52 bits per heavy atom. The van der Waals surface area contributed by atoms with Crippen LogP contribution in [0.2, 0.25) is 0 Å². The summed E-state index contributed by atoms with van der Waals surface area (Å²) in [5.41, 5.74) is 6.93. The van der Waals surface area contributed by atoms with Gasteiger partial charge in [0.25, 0.3) is 0 Å². The van der Waals surface area contributed by atoms with Gasteiger partial charge in [-0.2, -0.15) is 0 Å². The second kappa shape index (κ2) is 10.8. The van der Waals surface area contributed by atoms with Crippen LogP contribution in [0.4, 0.5) is 0 Å². The van der Waals surface area contributed by atoms with Crippen LogP contribution in [-0.4, -0.2) is 17.5 Å². The fourth-order valence-corrected chi connectivity index (χ4v) is 4.26. The highest BCUT2D eigenvalue weighted by Gasteiger charge is 2.10. The van der Waals surface area contributed by atoms with Crippen LogP contribution in [0, 0.1) is 0 Å². The molecule has 0 radical (unpaired) electrons. The molecule has 4 nitrogen and oxygen atoms in total. The number of hydrogen-bond acceptors (Lipinski definition) is 4. The molecule has 0 bridgehead atoms. The quantitative estimate of drug-likeness (QED) is 0.463. The third-order valence-electron chi connectivity index (χ3n) is 4.92. The van der Waals surface area contributed by atoms with E-state index in [1.807, 2.05) is 42.5 Å². The lowest BCUT2D eigenvalue weighted by molar-refractivity contribution is -0.132. The van der Waals surface area contributed by atoms with Crippen molar-refractivity contribution in [1.29, 1.82) is 0 Å². The summed E-state index contributed by atoms with van der Waals surface area (Å²) in [7, 11) is 0. The molecule has 0 atom stereocenters. The molecule has 31 heavy (non-hydrogen) atoms. The maximum absolute atomic E-state index is 12.4. The Balaban J connectivity index is 1.35. The van der Waals surface area contributed by atoms with E-state index in [1.165, 1.54) is 0 Å². The number of carbonyl (C=O) groups excluding carboxylic acids is 1. The zero-order chi connectivity index (χ0) is 21.3. The van der Waals surface area contributed by atoms with Gasteiger partial charge < -0.3 is 0 Å². The summed E-state index contributed by atoms with van der Waals surface area (Å²) < 4.78 is 0. The predicted molar refractivity (Wildman–Crippen MR) is 124 cm³/mol. The number of allylic oxidation sites excluding steroid dienone is 2. The number of nitrogens with one attached hydrogen (secondary N) is 1. The first kappa shape index (κ1) is 21.1. The normalized spacial score (nSPS) is 13.0. The molecule has 0 unspecified atom stereocenters. The maximum Gasteiger partial charge on any atom is 0.248 e. The third kappa shape index (κ3) is 6.17. The van der Waals surface area contributed by atoms with E-state index in [1.54, 1.807) is 24.2 Å². The van der Waals surface area contributed by atoms with Crippen molar-refractivity contribution in [1.82, 2.24) is 10.5 Å². The van der Waals surface area contributed by atoms with E-state index < -0.39 is 0 Å². The van der Waals surface area contributed by atoms with Gasteiger partial charge in [-0.3, -0.25) is 14.6 Å². The number of rotatable bonds is 8. The van der Waals surface area contributed by atoms with Crippen LogP contribution in [0.3, 0.4) is 0 Å². The van der Waals surface area contributed by atoms with Gasteiger partial charge in [-0.1, -0.05) is 60.3 Å². The van der Waals surface area contributed by atoms with Crippen molar-refractivity contribution in [3.05, 3.63) is 102 Å². The Morgan fingerprint density at radius 1 is 0.968 bits per heavy atom. The fourth-order valence-electron chi connectivity index (χ4n) is 3.32. The molecule has 1 amide bonds. The Morgan fingerprint density at radius 2 is 1.74 bits per heavy atom. The second-order valence-corrected chi connectivity index (χ2v) is 8.33. The van der Waals surface area contributed by atoms with Gasteiger partial charge in [-0.05, 0) is 65.4 Å². The van der Waals surface area contributed by atoms with Gasteiger partial charge in [0.1, 0.15) is 0 Å². The highest BCUT2D eigenvalue weighted by molar-refractivity contribution is 7.99. The van der Waals surface area contributed by atoms with Crippen molar-refractivity contribution >= 4 is 17.7 Å². The minimum absolute atomic E-state index is 0.151. The van der Waals surface area contributed by atoms with Crippen molar-refractivity contribution in [2.75, 3.05) is 6.61 Å². The summed E-state index contributed by atoms with van der Waals surface area (Å²) >= 11 is 1.66. The molecule has 0 saturated carbocycles. The van der Waals surface area contributed by atoms with Crippen molar-refractivity contribution in [2.24, 2.45) is 0 Å². The second-order valence-electron chi connectivity index (χ2n) is 7.22. The molecular formula is C26H24N2O2S. The van der Waals surface area contributed by atoms with Crippen LogP contribution < -0.4 is 5.48 Å². The number of carbonyl (C=O) groups is 1. The summed E-state index contributed by atoms with van der Waals surface area (Å²) in [5, 5.41) is 0. The molecule has 1 heterocycles. The molecule has 0 spiro atoms. The van der Waals surface area contributed by atoms with Crippen molar-refractivity contribution in [2.45, 2.75) is 29.1 Å². The summed E-state index contributed by atoms with van der Waals surface area (Å²) in [6.07, 6.45) is 12.3. The minimum Gasteiger partial charge on any atom is -0.272 e.